The van der Waals surface area contributed by atoms with E-state index >= 15 is 0 Å². The molecule has 0 aliphatic carbocycles. The van der Waals surface area contributed by atoms with Crippen molar-refractivity contribution in [1.82, 2.24) is 19.5 Å². The molecular weight excluding hydrogens is 471 g/mol. The number of rotatable bonds is 6. The molecule has 0 amide bonds. The second-order valence-corrected chi connectivity index (χ2v) is 8.79. The fraction of sp³-hybridized carbons (Fsp3) is 0.320. The molecule has 1 saturated heterocycles. The zero-order valence-electron chi connectivity index (χ0n) is 19.9. The van der Waals surface area contributed by atoms with Crippen molar-refractivity contribution in [1.29, 1.82) is 0 Å². The number of aromatic nitrogens is 4. The zero-order valence-corrected chi connectivity index (χ0v) is 19.9. The maximum absolute atomic E-state index is 12.9. The molecule has 2 aromatic carbocycles. The number of benzene rings is 2. The van der Waals surface area contributed by atoms with Gasteiger partial charge >= 0.3 is 6.18 Å². The van der Waals surface area contributed by atoms with Crippen molar-refractivity contribution < 1.29 is 17.9 Å². The number of imidazole rings is 1. The summed E-state index contributed by atoms with van der Waals surface area (Å²) in [4.78, 5) is 16.0. The Labute approximate surface area is 206 Å². The third kappa shape index (κ3) is 5.06. The largest absolute Gasteiger partial charge is 0.416 e. The number of fused-ring (bicyclic) bond motifs is 1. The highest BCUT2D eigenvalue weighted by molar-refractivity contribution is 5.87. The van der Waals surface area contributed by atoms with Crippen LogP contribution in [0, 0.1) is 0 Å². The monoisotopic (exact) mass is 497 g/mol. The van der Waals surface area contributed by atoms with Crippen molar-refractivity contribution in [3.63, 3.8) is 0 Å². The molecule has 0 spiro atoms. The van der Waals surface area contributed by atoms with Gasteiger partial charge in [0.15, 0.2) is 17.0 Å². The first-order valence-corrected chi connectivity index (χ1v) is 11.7. The number of nitrogens with one attached hydrogen (secondary N) is 2. The Balaban J connectivity index is 1.44. The Hall–Kier alpha value is -3.86. The summed E-state index contributed by atoms with van der Waals surface area (Å²) in [5.74, 6) is 0.741. The van der Waals surface area contributed by atoms with E-state index < -0.39 is 11.7 Å². The topological polar surface area (TPSA) is 80.1 Å². The second kappa shape index (κ2) is 9.65. The molecule has 188 valence electrons. The summed E-state index contributed by atoms with van der Waals surface area (Å²) < 4.78 is 46.1. The number of hydrogen-bond acceptors (Lipinski definition) is 7. The molecule has 0 radical (unpaired) electrons. The lowest BCUT2D eigenvalue weighted by Crippen LogP contribution is -2.36. The molecule has 8 nitrogen and oxygen atoms in total. The molecular formula is C25H26F3N7O. The highest BCUT2D eigenvalue weighted by Crippen LogP contribution is 2.31. The fourth-order valence-electron chi connectivity index (χ4n) is 4.02. The average molecular weight is 498 g/mol. The number of nitrogens with zero attached hydrogens (tertiary/aromatic N) is 5. The molecule has 0 bridgehead atoms. The average Bonchev–Trinajstić information content (AvgIpc) is 3.30. The Morgan fingerprint density at radius 3 is 2.17 bits per heavy atom. The van der Waals surface area contributed by atoms with Gasteiger partial charge in [-0.25, -0.2) is 4.98 Å². The third-order valence-corrected chi connectivity index (χ3v) is 5.95. The van der Waals surface area contributed by atoms with Crippen LogP contribution in [-0.4, -0.2) is 45.8 Å². The number of morpholine rings is 1. The normalized spacial score (nSPS) is 14.4. The minimum Gasteiger partial charge on any atom is -0.378 e. The molecule has 4 aromatic rings. The Morgan fingerprint density at radius 2 is 1.53 bits per heavy atom. The molecule has 3 heterocycles. The van der Waals surface area contributed by atoms with Crippen molar-refractivity contribution in [2.45, 2.75) is 26.1 Å². The van der Waals surface area contributed by atoms with Crippen LogP contribution in [0.4, 0.5) is 42.0 Å². The first-order chi connectivity index (χ1) is 17.3. The predicted octanol–water partition coefficient (Wildman–Crippen LogP) is 5.75. The standard InChI is InChI=1S/C25H26F3N7O/c1-16(2)35-15-29-21-22(30-18-7-9-20(10-8-18)34-11-13-36-14-12-34)32-24(33-23(21)35)31-19-5-3-17(4-6-19)25(26,27)28/h3-10,15-16H,11-14H2,1-2H3,(H2,30,31,32,33). The van der Waals surface area contributed by atoms with Crippen LogP contribution in [-0.2, 0) is 10.9 Å². The summed E-state index contributed by atoms with van der Waals surface area (Å²) in [6.07, 6.45) is -2.69. The van der Waals surface area contributed by atoms with E-state index in [2.05, 4.69) is 30.5 Å². The van der Waals surface area contributed by atoms with Crippen molar-refractivity contribution in [3.8, 4) is 0 Å². The van der Waals surface area contributed by atoms with Gasteiger partial charge in [-0.05, 0) is 62.4 Å². The summed E-state index contributed by atoms with van der Waals surface area (Å²) in [6.45, 7) is 7.17. The first-order valence-electron chi connectivity index (χ1n) is 11.7. The summed E-state index contributed by atoms with van der Waals surface area (Å²) in [5, 5.41) is 6.35. The number of hydrogen-bond donors (Lipinski definition) is 2. The minimum absolute atomic E-state index is 0.101. The summed E-state index contributed by atoms with van der Waals surface area (Å²) >= 11 is 0. The number of anilines is 5. The molecule has 1 aliphatic heterocycles. The van der Waals surface area contributed by atoms with Crippen LogP contribution in [0.2, 0.25) is 0 Å². The van der Waals surface area contributed by atoms with Gasteiger partial charge in [-0.1, -0.05) is 0 Å². The Kier molecular flexibility index (Phi) is 6.40. The number of alkyl halides is 3. The van der Waals surface area contributed by atoms with E-state index in [0.29, 0.717) is 35.9 Å². The number of ether oxygens (including phenoxy) is 1. The van der Waals surface area contributed by atoms with Gasteiger partial charge in [-0.3, -0.25) is 0 Å². The minimum atomic E-state index is -4.40. The lowest BCUT2D eigenvalue weighted by molar-refractivity contribution is -0.137. The van der Waals surface area contributed by atoms with E-state index in [9.17, 15) is 13.2 Å². The molecule has 36 heavy (non-hydrogen) atoms. The van der Waals surface area contributed by atoms with E-state index in [-0.39, 0.29) is 12.0 Å². The van der Waals surface area contributed by atoms with Gasteiger partial charge in [0.2, 0.25) is 5.95 Å². The molecule has 2 N–H and O–H groups in total. The molecule has 0 atom stereocenters. The molecule has 1 fully saturated rings. The molecule has 1 aliphatic rings. The van der Waals surface area contributed by atoms with Gasteiger partial charge in [0.1, 0.15) is 0 Å². The Morgan fingerprint density at radius 1 is 0.889 bits per heavy atom. The number of halogens is 3. The van der Waals surface area contributed by atoms with Gasteiger partial charge in [-0.15, -0.1) is 0 Å². The smallest absolute Gasteiger partial charge is 0.378 e. The maximum Gasteiger partial charge on any atom is 0.416 e. The SMILES string of the molecule is CC(C)n1cnc2c(Nc3ccc(N4CCOCC4)cc3)nc(Nc3ccc(C(F)(F)F)cc3)nc21. The highest BCUT2D eigenvalue weighted by Gasteiger charge is 2.30. The van der Waals surface area contributed by atoms with Gasteiger partial charge in [0.05, 0.1) is 25.1 Å². The van der Waals surface area contributed by atoms with Crippen LogP contribution in [0.5, 0.6) is 0 Å². The van der Waals surface area contributed by atoms with Crippen molar-refractivity contribution in [2.75, 3.05) is 41.8 Å². The van der Waals surface area contributed by atoms with Crippen molar-refractivity contribution in [2.24, 2.45) is 0 Å². The van der Waals surface area contributed by atoms with Crippen molar-refractivity contribution >= 4 is 40.0 Å². The lowest BCUT2D eigenvalue weighted by Gasteiger charge is -2.28. The van der Waals surface area contributed by atoms with E-state index in [1.54, 1.807) is 6.33 Å². The summed E-state index contributed by atoms with van der Waals surface area (Å²) in [6, 6.07) is 12.9. The van der Waals surface area contributed by atoms with E-state index in [1.807, 2.05) is 42.7 Å². The molecule has 2 aromatic heterocycles. The second-order valence-electron chi connectivity index (χ2n) is 8.79. The van der Waals surface area contributed by atoms with E-state index in [0.717, 1.165) is 36.6 Å². The van der Waals surface area contributed by atoms with Gasteiger partial charge < -0.3 is 24.8 Å². The fourth-order valence-corrected chi connectivity index (χ4v) is 4.02. The first kappa shape index (κ1) is 23.9. The molecule has 11 heteroatoms. The lowest BCUT2D eigenvalue weighted by atomic mass is 10.2. The summed E-state index contributed by atoms with van der Waals surface area (Å²) in [7, 11) is 0. The zero-order chi connectivity index (χ0) is 25.3. The van der Waals surface area contributed by atoms with Crippen molar-refractivity contribution in [3.05, 3.63) is 60.4 Å². The van der Waals surface area contributed by atoms with Gasteiger partial charge in [-0.2, -0.15) is 23.1 Å². The molecule has 0 saturated carbocycles. The van der Waals surface area contributed by atoms with Gasteiger partial charge in [0, 0.05) is 36.2 Å². The highest BCUT2D eigenvalue weighted by atomic mass is 19.4. The van der Waals surface area contributed by atoms with Crippen LogP contribution in [0.15, 0.2) is 54.9 Å². The van der Waals surface area contributed by atoms with Gasteiger partial charge in [0.25, 0.3) is 0 Å². The molecule has 5 rings (SSSR count). The van der Waals surface area contributed by atoms with E-state index in [1.165, 1.54) is 12.1 Å². The van der Waals surface area contributed by atoms with Crippen LogP contribution >= 0.6 is 0 Å². The van der Waals surface area contributed by atoms with Crippen LogP contribution < -0.4 is 15.5 Å². The Bertz CT molecular complexity index is 1330. The maximum atomic E-state index is 12.9. The van der Waals surface area contributed by atoms with Crippen LogP contribution in [0.3, 0.4) is 0 Å². The quantitative estimate of drug-likeness (QED) is 0.351. The summed E-state index contributed by atoms with van der Waals surface area (Å²) in [5.41, 5.74) is 2.88. The molecule has 0 unspecified atom stereocenters. The third-order valence-electron chi connectivity index (χ3n) is 5.95. The van der Waals surface area contributed by atoms with E-state index in [4.69, 9.17) is 4.74 Å². The van der Waals surface area contributed by atoms with Crippen LogP contribution in [0.25, 0.3) is 11.2 Å². The van der Waals surface area contributed by atoms with Crippen LogP contribution in [0.1, 0.15) is 25.5 Å². The predicted molar refractivity (Wildman–Crippen MR) is 133 cm³/mol.